The van der Waals surface area contributed by atoms with Crippen LogP contribution in [0, 0.1) is 6.92 Å². The highest BCUT2D eigenvalue weighted by Gasteiger charge is 2.29. The van der Waals surface area contributed by atoms with Gasteiger partial charge >= 0.3 is 0 Å². The van der Waals surface area contributed by atoms with Gasteiger partial charge in [0.1, 0.15) is 11.5 Å². The van der Waals surface area contributed by atoms with Crippen molar-refractivity contribution in [2.24, 2.45) is 0 Å². The van der Waals surface area contributed by atoms with Crippen molar-refractivity contribution in [1.82, 2.24) is 9.21 Å². The second-order valence-corrected chi connectivity index (χ2v) is 11.4. The minimum absolute atomic E-state index is 0.0770. The average Bonchev–Trinajstić information content (AvgIpc) is 2.93. The number of carbonyl (C=O) groups is 1. The van der Waals surface area contributed by atoms with Crippen LogP contribution in [0.5, 0.6) is 5.75 Å². The van der Waals surface area contributed by atoms with E-state index in [0.29, 0.717) is 50.5 Å². The molecule has 3 aromatic rings. The first-order valence-corrected chi connectivity index (χ1v) is 14.5. The first-order chi connectivity index (χ1) is 18.5. The zero-order chi connectivity index (χ0) is 26.5. The standard InChI is InChI=1S/C32H34N2O3S/c1-24-23-29(15-16-31(24)35)25-8-4-12-28(13-5-9-25)32(36)33-18-20-34(21-19-33)38(37)22-17-27-11-6-10-26-7-2-3-14-30(26)27/h2-4,6-11,13-16,23,35H,5,12,17-22H2,1H3/b8-4-,25-9+,28-13+. The predicted octanol–water partition coefficient (Wildman–Crippen LogP) is 5.56. The Morgan fingerprint density at radius 2 is 1.79 bits per heavy atom. The van der Waals surface area contributed by atoms with E-state index in [1.54, 1.807) is 6.07 Å². The van der Waals surface area contributed by atoms with Crippen LogP contribution in [-0.2, 0) is 22.6 Å². The highest BCUT2D eigenvalue weighted by molar-refractivity contribution is 7.89. The number of allylic oxidation sites excluding steroid dienone is 5. The Hall–Kier alpha value is -3.32. The number of amides is 1. The molecule has 1 aliphatic carbocycles. The molecule has 1 unspecified atom stereocenters. The van der Waals surface area contributed by atoms with Gasteiger partial charge in [-0.15, -0.1) is 4.31 Å². The lowest BCUT2D eigenvalue weighted by molar-refractivity contribution is -0.128. The third kappa shape index (κ3) is 6.04. The highest BCUT2D eigenvalue weighted by atomic mass is 32.2. The third-order valence-corrected chi connectivity index (χ3v) is 8.88. The summed E-state index contributed by atoms with van der Waals surface area (Å²) in [6, 6.07) is 20.2. The number of rotatable bonds is 6. The van der Waals surface area contributed by atoms with Gasteiger partial charge in [0.15, 0.2) is 0 Å². The minimum Gasteiger partial charge on any atom is -0.598 e. The number of hydrogen-bond donors (Lipinski definition) is 1. The Kier molecular flexibility index (Phi) is 8.32. The van der Waals surface area contributed by atoms with Gasteiger partial charge in [0.05, 0.1) is 13.1 Å². The zero-order valence-electron chi connectivity index (χ0n) is 21.8. The van der Waals surface area contributed by atoms with Crippen molar-refractivity contribution in [3.05, 3.63) is 107 Å². The number of benzene rings is 3. The number of hydrogen-bond acceptors (Lipinski definition) is 4. The number of phenols is 1. The molecule has 5 rings (SSSR count). The monoisotopic (exact) mass is 526 g/mol. The van der Waals surface area contributed by atoms with Crippen molar-refractivity contribution in [2.75, 3.05) is 31.9 Å². The molecule has 0 spiro atoms. The Morgan fingerprint density at radius 1 is 1.00 bits per heavy atom. The predicted molar refractivity (Wildman–Crippen MR) is 156 cm³/mol. The summed E-state index contributed by atoms with van der Waals surface area (Å²) in [6.45, 7) is 4.33. The molecule has 1 saturated heterocycles. The summed E-state index contributed by atoms with van der Waals surface area (Å²) in [6.07, 6.45) is 10.3. The molecule has 2 aliphatic rings. The SMILES string of the molecule is Cc1cc(C2=C/C/C=C(/C(=O)N3CCN([S+]([O-])CCc4cccc5ccccc45)CC3)C/C=C\2)ccc1O. The van der Waals surface area contributed by atoms with Crippen LogP contribution in [0.15, 0.2) is 90.5 Å². The van der Waals surface area contributed by atoms with Crippen molar-refractivity contribution < 1.29 is 14.5 Å². The normalized spacial score (nSPS) is 21.1. The van der Waals surface area contributed by atoms with E-state index >= 15 is 0 Å². The van der Waals surface area contributed by atoms with E-state index in [9.17, 15) is 14.5 Å². The number of fused-ring (bicyclic) bond motifs is 1. The van der Waals surface area contributed by atoms with Crippen LogP contribution in [0.25, 0.3) is 16.3 Å². The number of carbonyl (C=O) groups excluding carboxylic acids is 1. The Morgan fingerprint density at radius 3 is 2.61 bits per heavy atom. The van der Waals surface area contributed by atoms with E-state index < -0.39 is 11.4 Å². The number of phenolic OH excluding ortho intramolecular Hbond substituents is 1. The maximum atomic E-state index is 13.2. The van der Waals surface area contributed by atoms with Gasteiger partial charge in [-0.05, 0) is 64.9 Å². The van der Waals surface area contributed by atoms with Gasteiger partial charge in [0.2, 0.25) is 5.91 Å². The topological polar surface area (TPSA) is 66.8 Å². The molecule has 1 fully saturated rings. The molecule has 0 aromatic heterocycles. The van der Waals surface area contributed by atoms with Crippen LogP contribution < -0.4 is 0 Å². The van der Waals surface area contributed by atoms with E-state index in [1.165, 1.54) is 16.3 Å². The number of aryl methyl sites for hydroxylation is 2. The molecule has 1 aliphatic heterocycles. The first-order valence-electron chi connectivity index (χ1n) is 13.2. The molecule has 1 amide bonds. The fourth-order valence-electron chi connectivity index (χ4n) is 5.15. The summed E-state index contributed by atoms with van der Waals surface area (Å²) in [7, 11) is 0. The molecule has 6 heteroatoms. The molecular formula is C32H34N2O3S. The summed E-state index contributed by atoms with van der Waals surface area (Å²) in [5.74, 6) is 0.964. The van der Waals surface area contributed by atoms with Gasteiger partial charge in [-0.1, -0.05) is 72.8 Å². The fraction of sp³-hybridized carbons (Fsp3) is 0.281. The molecule has 3 aromatic carbocycles. The molecule has 0 radical (unpaired) electrons. The van der Waals surface area contributed by atoms with E-state index in [-0.39, 0.29) is 5.91 Å². The number of nitrogens with zero attached hydrogens (tertiary/aromatic N) is 2. The van der Waals surface area contributed by atoms with Crippen LogP contribution in [-0.4, -0.2) is 56.7 Å². The Bertz CT molecular complexity index is 1400. The molecule has 0 bridgehead atoms. The second-order valence-electron chi connectivity index (χ2n) is 9.87. The third-order valence-electron chi connectivity index (χ3n) is 7.38. The zero-order valence-corrected chi connectivity index (χ0v) is 22.6. The molecular weight excluding hydrogens is 492 g/mol. The van der Waals surface area contributed by atoms with Crippen LogP contribution in [0.2, 0.25) is 0 Å². The van der Waals surface area contributed by atoms with Gasteiger partial charge in [-0.3, -0.25) is 4.79 Å². The van der Waals surface area contributed by atoms with E-state index in [4.69, 9.17) is 0 Å². The minimum atomic E-state index is -1.07. The first kappa shape index (κ1) is 26.3. The lowest BCUT2D eigenvalue weighted by Gasteiger charge is -2.35. The summed E-state index contributed by atoms with van der Waals surface area (Å²) < 4.78 is 15.1. The quantitative estimate of drug-likeness (QED) is 0.427. The Balaban J connectivity index is 1.14. The van der Waals surface area contributed by atoms with Crippen molar-refractivity contribution >= 4 is 33.6 Å². The number of aromatic hydroxyl groups is 1. The summed E-state index contributed by atoms with van der Waals surface area (Å²) >= 11 is -1.07. The van der Waals surface area contributed by atoms with Gasteiger partial charge < -0.3 is 14.6 Å². The molecule has 1 heterocycles. The smallest absolute Gasteiger partial charge is 0.249 e. The van der Waals surface area contributed by atoms with Crippen molar-refractivity contribution in [2.45, 2.75) is 26.2 Å². The summed E-state index contributed by atoms with van der Waals surface area (Å²) in [5.41, 5.74) is 5.04. The van der Waals surface area contributed by atoms with E-state index in [1.807, 2.05) is 52.5 Å². The van der Waals surface area contributed by atoms with Crippen LogP contribution in [0.1, 0.15) is 29.5 Å². The molecule has 196 valence electrons. The van der Waals surface area contributed by atoms with Gasteiger partial charge in [0, 0.05) is 36.4 Å². The van der Waals surface area contributed by atoms with E-state index in [2.05, 4.69) is 42.5 Å². The van der Waals surface area contributed by atoms with Gasteiger partial charge in [-0.2, -0.15) is 0 Å². The van der Waals surface area contributed by atoms with Gasteiger partial charge in [-0.25, -0.2) is 0 Å². The summed E-state index contributed by atoms with van der Waals surface area (Å²) in [5, 5.41) is 12.2. The molecule has 5 nitrogen and oxygen atoms in total. The van der Waals surface area contributed by atoms with Gasteiger partial charge in [0.25, 0.3) is 0 Å². The van der Waals surface area contributed by atoms with Crippen LogP contribution >= 0.6 is 0 Å². The van der Waals surface area contributed by atoms with Crippen molar-refractivity contribution in [3.63, 3.8) is 0 Å². The van der Waals surface area contributed by atoms with Crippen molar-refractivity contribution in [3.8, 4) is 5.75 Å². The molecule has 0 saturated carbocycles. The lowest BCUT2D eigenvalue weighted by atomic mass is 9.98. The molecule has 1 N–H and O–H groups in total. The Labute approximate surface area is 228 Å². The largest absolute Gasteiger partial charge is 0.598 e. The maximum Gasteiger partial charge on any atom is 0.249 e. The fourth-order valence-corrected chi connectivity index (χ4v) is 6.37. The lowest BCUT2D eigenvalue weighted by Crippen LogP contribution is -2.51. The van der Waals surface area contributed by atoms with Crippen molar-refractivity contribution in [1.29, 1.82) is 0 Å². The van der Waals surface area contributed by atoms with Crippen LogP contribution in [0.3, 0.4) is 0 Å². The molecule has 1 atom stereocenters. The summed E-state index contributed by atoms with van der Waals surface area (Å²) in [4.78, 5) is 15.1. The second kappa shape index (κ2) is 12.0. The van der Waals surface area contributed by atoms with Crippen LogP contribution in [0.4, 0.5) is 0 Å². The van der Waals surface area contributed by atoms with E-state index in [0.717, 1.165) is 28.7 Å². The highest BCUT2D eigenvalue weighted by Crippen LogP contribution is 2.26. The molecule has 38 heavy (non-hydrogen) atoms. The maximum absolute atomic E-state index is 13.2. The average molecular weight is 527 g/mol. The number of piperazine rings is 1.